The van der Waals surface area contributed by atoms with Gasteiger partial charge in [0.2, 0.25) is 0 Å². The summed E-state index contributed by atoms with van der Waals surface area (Å²) in [5, 5.41) is 6.80. The van der Waals surface area contributed by atoms with E-state index in [9.17, 15) is 0 Å². The average molecular weight is 211 g/mol. The third-order valence-corrected chi connectivity index (χ3v) is 2.25. The molecular weight excluding hydrogens is 200 g/mol. The van der Waals surface area contributed by atoms with Crippen molar-refractivity contribution in [2.75, 3.05) is 24.1 Å². The molecule has 0 aliphatic carbocycles. The van der Waals surface area contributed by atoms with Crippen LogP contribution in [0.1, 0.15) is 0 Å². The highest BCUT2D eigenvalue weighted by atomic mass is 35.5. The smallest absolute Gasteiger partial charge is 0.195 e. The Morgan fingerprint density at radius 2 is 2.36 bits per heavy atom. The third kappa shape index (κ3) is 1.90. The molecule has 0 radical (unpaired) electrons. The van der Waals surface area contributed by atoms with Crippen molar-refractivity contribution in [2.24, 2.45) is 4.99 Å². The van der Waals surface area contributed by atoms with Gasteiger partial charge in [-0.3, -0.25) is 4.99 Å². The standard InChI is InChI=1S/C9H11ClN4/c10-7-2-1-6(11)5-8(7)14-9-12-3-4-13-9/h1-2,5H,3-4,11H2,(H2,12,13,14). The second kappa shape index (κ2) is 3.75. The number of aliphatic imine (C=N–C) groups is 1. The number of guanidine groups is 1. The van der Waals surface area contributed by atoms with Gasteiger partial charge in [-0.2, -0.15) is 0 Å². The fourth-order valence-electron chi connectivity index (χ4n) is 1.25. The van der Waals surface area contributed by atoms with Crippen LogP contribution in [0.25, 0.3) is 0 Å². The molecule has 0 unspecified atom stereocenters. The van der Waals surface area contributed by atoms with Crippen LogP contribution >= 0.6 is 11.6 Å². The molecule has 0 saturated carbocycles. The Labute approximate surface area is 87.2 Å². The van der Waals surface area contributed by atoms with Gasteiger partial charge in [-0.25, -0.2) is 0 Å². The van der Waals surface area contributed by atoms with Gasteiger partial charge in [-0.05, 0) is 18.2 Å². The van der Waals surface area contributed by atoms with Gasteiger partial charge in [0.1, 0.15) is 0 Å². The Kier molecular flexibility index (Phi) is 2.45. The second-order valence-corrected chi connectivity index (χ2v) is 3.43. The number of nitrogens with zero attached hydrogens (tertiary/aromatic N) is 1. The van der Waals surface area contributed by atoms with Crippen molar-refractivity contribution in [3.63, 3.8) is 0 Å². The summed E-state index contributed by atoms with van der Waals surface area (Å²) in [6, 6.07) is 5.30. The Morgan fingerprint density at radius 1 is 1.50 bits per heavy atom. The monoisotopic (exact) mass is 210 g/mol. The zero-order chi connectivity index (χ0) is 9.97. The van der Waals surface area contributed by atoms with Gasteiger partial charge in [0, 0.05) is 12.2 Å². The molecule has 0 atom stereocenters. The first-order valence-corrected chi connectivity index (χ1v) is 4.74. The lowest BCUT2D eigenvalue weighted by Gasteiger charge is -2.08. The summed E-state index contributed by atoms with van der Waals surface area (Å²) in [5.74, 6) is 0.748. The zero-order valence-electron chi connectivity index (χ0n) is 7.55. The van der Waals surface area contributed by atoms with E-state index in [1.807, 2.05) is 0 Å². The largest absolute Gasteiger partial charge is 0.399 e. The van der Waals surface area contributed by atoms with Crippen LogP contribution in [0, 0.1) is 0 Å². The second-order valence-electron chi connectivity index (χ2n) is 3.02. The van der Waals surface area contributed by atoms with Crippen LogP contribution in [0.15, 0.2) is 23.2 Å². The number of nitrogen functional groups attached to an aromatic ring is 1. The maximum absolute atomic E-state index is 5.97. The first-order chi connectivity index (χ1) is 6.75. The van der Waals surface area contributed by atoms with Crippen molar-refractivity contribution < 1.29 is 0 Å². The summed E-state index contributed by atoms with van der Waals surface area (Å²) >= 11 is 5.97. The highest BCUT2D eigenvalue weighted by molar-refractivity contribution is 6.33. The quantitative estimate of drug-likeness (QED) is 0.613. The molecule has 4 N–H and O–H groups in total. The van der Waals surface area contributed by atoms with Crippen LogP contribution in [-0.2, 0) is 0 Å². The lowest BCUT2D eigenvalue weighted by molar-refractivity contribution is 0.959. The van der Waals surface area contributed by atoms with Crippen molar-refractivity contribution in [2.45, 2.75) is 0 Å². The van der Waals surface area contributed by atoms with Gasteiger partial charge >= 0.3 is 0 Å². The van der Waals surface area contributed by atoms with Gasteiger partial charge < -0.3 is 16.4 Å². The van der Waals surface area contributed by atoms with E-state index in [-0.39, 0.29) is 0 Å². The average Bonchev–Trinajstić information content (AvgIpc) is 2.64. The van der Waals surface area contributed by atoms with Gasteiger partial charge in [0.15, 0.2) is 5.96 Å². The predicted molar refractivity (Wildman–Crippen MR) is 59.8 cm³/mol. The van der Waals surface area contributed by atoms with E-state index < -0.39 is 0 Å². The SMILES string of the molecule is Nc1ccc(Cl)c(NC2=NCCN2)c1. The Balaban J connectivity index is 2.19. The molecule has 4 nitrogen and oxygen atoms in total. The van der Waals surface area contributed by atoms with E-state index in [2.05, 4.69) is 15.6 Å². The molecule has 5 heteroatoms. The van der Waals surface area contributed by atoms with Crippen molar-refractivity contribution in [1.29, 1.82) is 0 Å². The molecule has 0 aromatic heterocycles. The normalized spacial score (nSPS) is 14.8. The molecule has 0 amide bonds. The van der Waals surface area contributed by atoms with Crippen molar-refractivity contribution in [3.05, 3.63) is 23.2 Å². The number of hydrogen-bond acceptors (Lipinski definition) is 4. The number of anilines is 2. The maximum Gasteiger partial charge on any atom is 0.195 e. The Hall–Kier alpha value is -1.42. The summed E-state index contributed by atoms with van der Waals surface area (Å²) < 4.78 is 0. The lowest BCUT2D eigenvalue weighted by Crippen LogP contribution is -2.26. The zero-order valence-corrected chi connectivity index (χ0v) is 8.30. The van der Waals surface area contributed by atoms with Gasteiger partial charge in [0.25, 0.3) is 0 Å². The lowest BCUT2D eigenvalue weighted by atomic mass is 10.3. The predicted octanol–water partition coefficient (Wildman–Crippen LogP) is 1.29. The molecule has 0 spiro atoms. The maximum atomic E-state index is 5.97. The molecule has 1 aliphatic rings. The number of nitrogens with two attached hydrogens (primary N) is 1. The fraction of sp³-hybridized carbons (Fsp3) is 0.222. The molecule has 74 valence electrons. The first-order valence-electron chi connectivity index (χ1n) is 4.36. The van der Waals surface area contributed by atoms with Gasteiger partial charge in [-0.1, -0.05) is 11.6 Å². The van der Waals surface area contributed by atoms with Crippen LogP contribution < -0.4 is 16.4 Å². The van der Waals surface area contributed by atoms with Gasteiger partial charge in [0.05, 0.1) is 17.3 Å². The number of benzene rings is 1. The summed E-state index contributed by atoms with van der Waals surface area (Å²) in [6.45, 7) is 1.66. The van der Waals surface area contributed by atoms with Crippen LogP contribution in [0.3, 0.4) is 0 Å². The molecular formula is C9H11ClN4. The van der Waals surface area contributed by atoms with Crippen molar-refractivity contribution in [1.82, 2.24) is 5.32 Å². The Morgan fingerprint density at radius 3 is 3.07 bits per heavy atom. The van der Waals surface area contributed by atoms with E-state index >= 15 is 0 Å². The van der Waals surface area contributed by atoms with E-state index in [1.165, 1.54) is 0 Å². The minimum absolute atomic E-state index is 0.635. The molecule has 2 rings (SSSR count). The minimum Gasteiger partial charge on any atom is -0.399 e. The molecule has 1 aliphatic heterocycles. The Bertz CT molecular complexity index is 375. The summed E-state index contributed by atoms with van der Waals surface area (Å²) in [7, 11) is 0. The van der Waals surface area contributed by atoms with E-state index in [4.69, 9.17) is 17.3 Å². The number of nitrogens with one attached hydrogen (secondary N) is 2. The molecule has 1 heterocycles. The topological polar surface area (TPSA) is 62.4 Å². The van der Waals surface area contributed by atoms with Crippen LogP contribution in [-0.4, -0.2) is 19.0 Å². The molecule has 0 fully saturated rings. The highest BCUT2D eigenvalue weighted by Gasteiger charge is 2.07. The molecule has 0 bridgehead atoms. The minimum atomic E-state index is 0.635. The first kappa shape index (κ1) is 9.15. The van der Waals surface area contributed by atoms with Crippen molar-refractivity contribution >= 4 is 28.9 Å². The fourth-order valence-corrected chi connectivity index (χ4v) is 1.41. The summed E-state index contributed by atoms with van der Waals surface area (Å²) in [6.07, 6.45) is 0. The third-order valence-electron chi connectivity index (χ3n) is 1.92. The number of halogens is 1. The van der Waals surface area contributed by atoms with Crippen LogP contribution in [0.2, 0.25) is 5.02 Å². The van der Waals surface area contributed by atoms with Crippen LogP contribution in [0.4, 0.5) is 11.4 Å². The van der Waals surface area contributed by atoms with E-state index in [0.29, 0.717) is 10.7 Å². The van der Waals surface area contributed by atoms with Gasteiger partial charge in [-0.15, -0.1) is 0 Å². The molecule has 0 saturated heterocycles. The molecule has 14 heavy (non-hydrogen) atoms. The van der Waals surface area contributed by atoms with E-state index in [0.717, 1.165) is 24.7 Å². The summed E-state index contributed by atoms with van der Waals surface area (Å²) in [5.41, 5.74) is 7.10. The molecule has 1 aromatic rings. The van der Waals surface area contributed by atoms with Crippen molar-refractivity contribution in [3.8, 4) is 0 Å². The molecule has 1 aromatic carbocycles. The number of rotatable bonds is 1. The number of hydrogen-bond donors (Lipinski definition) is 3. The highest BCUT2D eigenvalue weighted by Crippen LogP contribution is 2.23. The van der Waals surface area contributed by atoms with Crippen LogP contribution in [0.5, 0.6) is 0 Å². The summed E-state index contributed by atoms with van der Waals surface area (Å²) in [4.78, 5) is 4.20. The van der Waals surface area contributed by atoms with E-state index in [1.54, 1.807) is 18.2 Å².